The van der Waals surface area contributed by atoms with Crippen LogP contribution in [-0.4, -0.2) is 20.0 Å². The summed E-state index contributed by atoms with van der Waals surface area (Å²) in [4.78, 5) is 3.14. The van der Waals surface area contributed by atoms with Crippen LogP contribution in [0.4, 0.5) is 15.9 Å². The molecule has 2 aromatic carbocycles. The third-order valence-electron chi connectivity index (χ3n) is 4.04. The predicted molar refractivity (Wildman–Crippen MR) is 97.2 cm³/mol. The molecule has 0 aliphatic carbocycles. The molecule has 7 heteroatoms. The molecular formula is C19H13FN6. The highest BCUT2D eigenvalue weighted by atomic mass is 19.1. The average molecular weight is 344 g/mol. The van der Waals surface area contributed by atoms with Crippen molar-refractivity contribution in [3.8, 4) is 28.1 Å². The van der Waals surface area contributed by atoms with Gasteiger partial charge in [-0.2, -0.15) is 10.2 Å². The van der Waals surface area contributed by atoms with Gasteiger partial charge >= 0.3 is 0 Å². The number of halogens is 1. The molecule has 0 aliphatic rings. The van der Waals surface area contributed by atoms with Gasteiger partial charge in [0.25, 0.3) is 0 Å². The standard InChI is InChI=1S/C19H13FN6/c1-22-17-7-4-13(8-16(17)20)18-9-19(21)25-26(18)15-5-2-12(3-6-15)14-10-23-24-11-14/h2-11H,(H2,21,25)(H,23,24). The van der Waals surface area contributed by atoms with Gasteiger partial charge in [-0.15, -0.1) is 0 Å². The Bertz CT molecular complexity index is 1100. The molecule has 4 rings (SSSR count). The Balaban J connectivity index is 1.77. The van der Waals surface area contributed by atoms with Crippen LogP contribution >= 0.6 is 0 Å². The molecule has 4 aromatic rings. The van der Waals surface area contributed by atoms with E-state index in [4.69, 9.17) is 12.3 Å². The van der Waals surface area contributed by atoms with Gasteiger partial charge in [-0.3, -0.25) is 5.10 Å². The van der Waals surface area contributed by atoms with Crippen molar-refractivity contribution < 1.29 is 4.39 Å². The van der Waals surface area contributed by atoms with Gasteiger partial charge in [-0.1, -0.05) is 24.3 Å². The van der Waals surface area contributed by atoms with Crippen LogP contribution in [0, 0.1) is 12.4 Å². The summed E-state index contributed by atoms with van der Waals surface area (Å²) in [6.45, 7) is 6.96. The van der Waals surface area contributed by atoms with E-state index in [0.717, 1.165) is 16.8 Å². The molecule has 0 fully saturated rings. The lowest BCUT2D eigenvalue weighted by Gasteiger charge is -2.09. The summed E-state index contributed by atoms with van der Waals surface area (Å²) >= 11 is 0. The molecule has 126 valence electrons. The lowest BCUT2D eigenvalue weighted by Crippen LogP contribution is -2.00. The SMILES string of the molecule is [C-]#[N+]c1ccc(-c2cc(N)nn2-c2ccc(-c3cn[nH]c3)cc2)cc1F. The summed E-state index contributed by atoms with van der Waals surface area (Å²) < 4.78 is 15.7. The molecule has 26 heavy (non-hydrogen) atoms. The van der Waals surface area contributed by atoms with Gasteiger partial charge in [0.15, 0.2) is 0 Å². The molecule has 0 saturated carbocycles. The molecule has 0 unspecified atom stereocenters. The molecule has 2 aromatic heterocycles. The van der Waals surface area contributed by atoms with E-state index in [9.17, 15) is 4.39 Å². The van der Waals surface area contributed by atoms with Gasteiger partial charge in [-0.05, 0) is 23.8 Å². The average Bonchev–Trinajstić information content (AvgIpc) is 3.31. The summed E-state index contributed by atoms with van der Waals surface area (Å²) in [7, 11) is 0. The predicted octanol–water partition coefficient (Wildman–Crippen LogP) is 4.20. The number of H-pyrrole nitrogens is 1. The molecule has 0 spiro atoms. The minimum atomic E-state index is -0.570. The Morgan fingerprint density at radius 2 is 1.81 bits per heavy atom. The quantitative estimate of drug-likeness (QED) is 0.547. The van der Waals surface area contributed by atoms with E-state index in [1.54, 1.807) is 23.0 Å². The van der Waals surface area contributed by atoms with E-state index in [2.05, 4.69) is 20.1 Å². The molecule has 0 amide bonds. The fourth-order valence-electron chi connectivity index (χ4n) is 2.76. The highest BCUT2D eigenvalue weighted by Crippen LogP contribution is 2.29. The van der Waals surface area contributed by atoms with Crippen molar-refractivity contribution in [2.24, 2.45) is 0 Å². The van der Waals surface area contributed by atoms with E-state index >= 15 is 0 Å². The minimum Gasteiger partial charge on any atom is -0.382 e. The molecule has 0 saturated heterocycles. The third kappa shape index (κ3) is 2.70. The third-order valence-corrected chi connectivity index (χ3v) is 4.04. The van der Waals surface area contributed by atoms with Crippen LogP contribution < -0.4 is 5.73 Å². The number of rotatable bonds is 3. The fraction of sp³-hybridized carbons (Fsp3) is 0. The van der Waals surface area contributed by atoms with Crippen LogP contribution in [0.3, 0.4) is 0 Å². The maximum atomic E-state index is 14.0. The number of nitrogen functional groups attached to an aromatic ring is 1. The summed E-state index contributed by atoms with van der Waals surface area (Å²) in [6.07, 6.45) is 3.56. The summed E-state index contributed by atoms with van der Waals surface area (Å²) in [6, 6.07) is 13.8. The second kappa shape index (κ2) is 6.18. The maximum absolute atomic E-state index is 14.0. The number of nitrogens with zero attached hydrogens (tertiary/aromatic N) is 4. The Labute approximate surface area is 148 Å². The Morgan fingerprint density at radius 3 is 2.46 bits per heavy atom. The molecule has 2 heterocycles. The largest absolute Gasteiger partial charge is 0.382 e. The molecule has 0 radical (unpaired) electrons. The number of nitrogens with one attached hydrogen (secondary N) is 1. The Kier molecular flexibility index (Phi) is 3.71. The van der Waals surface area contributed by atoms with Crippen LogP contribution in [0.5, 0.6) is 0 Å². The Morgan fingerprint density at radius 1 is 1.04 bits per heavy atom. The van der Waals surface area contributed by atoms with Crippen LogP contribution in [0.2, 0.25) is 0 Å². The number of aromatic nitrogens is 4. The highest BCUT2D eigenvalue weighted by Gasteiger charge is 2.13. The van der Waals surface area contributed by atoms with Crippen molar-refractivity contribution in [3.63, 3.8) is 0 Å². The number of hydrogen-bond acceptors (Lipinski definition) is 3. The molecule has 6 nitrogen and oxygen atoms in total. The van der Waals surface area contributed by atoms with E-state index in [-0.39, 0.29) is 5.69 Å². The van der Waals surface area contributed by atoms with E-state index in [1.165, 1.54) is 12.1 Å². The second-order valence-electron chi connectivity index (χ2n) is 5.68. The first kappa shape index (κ1) is 15.6. The van der Waals surface area contributed by atoms with Crippen molar-refractivity contribution >= 4 is 11.5 Å². The molecule has 0 bridgehead atoms. The maximum Gasteiger partial charge on any atom is 0.222 e. The van der Waals surface area contributed by atoms with Crippen LogP contribution in [0.25, 0.3) is 32.9 Å². The monoisotopic (exact) mass is 344 g/mol. The van der Waals surface area contributed by atoms with Crippen molar-refractivity contribution in [2.75, 3.05) is 5.73 Å². The van der Waals surface area contributed by atoms with E-state index < -0.39 is 5.82 Å². The van der Waals surface area contributed by atoms with Gasteiger partial charge < -0.3 is 5.73 Å². The number of benzene rings is 2. The number of anilines is 1. The van der Waals surface area contributed by atoms with Gasteiger partial charge in [0, 0.05) is 23.4 Å². The van der Waals surface area contributed by atoms with Crippen LogP contribution in [-0.2, 0) is 0 Å². The first-order chi connectivity index (χ1) is 12.7. The van der Waals surface area contributed by atoms with Crippen molar-refractivity contribution in [2.45, 2.75) is 0 Å². The highest BCUT2D eigenvalue weighted by molar-refractivity contribution is 5.69. The van der Waals surface area contributed by atoms with Crippen molar-refractivity contribution in [3.05, 3.63) is 78.2 Å². The zero-order valence-corrected chi connectivity index (χ0v) is 13.5. The molecular weight excluding hydrogens is 331 g/mol. The number of nitrogens with two attached hydrogens (primary N) is 1. The van der Waals surface area contributed by atoms with Gasteiger partial charge in [0.05, 0.1) is 24.2 Å². The fourth-order valence-corrected chi connectivity index (χ4v) is 2.76. The zero-order valence-electron chi connectivity index (χ0n) is 13.5. The summed E-state index contributed by atoms with van der Waals surface area (Å²) in [5.41, 5.74) is 9.88. The van der Waals surface area contributed by atoms with E-state index in [0.29, 0.717) is 17.1 Å². The molecule has 0 atom stereocenters. The molecule has 3 N–H and O–H groups in total. The molecule has 0 aliphatic heterocycles. The van der Waals surface area contributed by atoms with Crippen LogP contribution in [0.15, 0.2) is 60.9 Å². The Hall–Kier alpha value is -3.92. The first-order valence-electron chi connectivity index (χ1n) is 7.78. The number of hydrogen-bond donors (Lipinski definition) is 2. The zero-order chi connectivity index (χ0) is 18.1. The first-order valence-corrected chi connectivity index (χ1v) is 7.78. The normalized spacial score (nSPS) is 10.6. The lowest BCUT2D eigenvalue weighted by molar-refractivity contribution is 0.634. The second-order valence-corrected chi connectivity index (χ2v) is 5.68. The van der Waals surface area contributed by atoms with Crippen molar-refractivity contribution in [1.82, 2.24) is 20.0 Å². The minimum absolute atomic E-state index is 0.0164. The van der Waals surface area contributed by atoms with E-state index in [1.807, 2.05) is 30.5 Å². The van der Waals surface area contributed by atoms with Gasteiger partial charge in [0.2, 0.25) is 5.69 Å². The summed E-state index contributed by atoms with van der Waals surface area (Å²) in [5, 5.41) is 11.0. The van der Waals surface area contributed by atoms with Crippen molar-refractivity contribution in [1.29, 1.82) is 0 Å². The van der Waals surface area contributed by atoms with Gasteiger partial charge in [-0.25, -0.2) is 13.9 Å². The van der Waals surface area contributed by atoms with Gasteiger partial charge in [0.1, 0.15) is 11.6 Å². The topological polar surface area (TPSA) is 76.9 Å². The lowest BCUT2D eigenvalue weighted by atomic mass is 10.1. The smallest absolute Gasteiger partial charge is 0.222 e. The number of aromatic amines is 1. The summed E-state index contributed by atoms with van der Waals surface area (Å²) in [5.74, 6) is -0.243. The van der Waals surface area contributed by atoms with Crippen LogP contribution in [0.1, 0.15) is 0 Å².